The Bertz CT molecular complexity index is 134. The molecule has 2 N–H and O–H groups in total. The van der Waals surface area contributed by atoms with Gasteiger partial charge in [0.25, 0.3) is 0 Å². The van der Waals surface area contributed by atoms with E-state index in [0.29, 0.717) is 0 Å². The smallest absolute Gasteiger partial charge is 0.320 e. The van der Waals surface area contributed by atoms with Crippen LogP contribution in [0.15, 0.2) is 0 Å². The van der Waals surface area contributed by atoms with Crippen molar-refractivity contribution in [3.8, 4) is 0 Å². The number of carboxylic acids is 1. The van der Waals surface area contributed by atoms with Gasteiger partial charge in [0.05, 0.1) is 0 Å². The summed E-state index contributed by atoms with van der Waals surface area (Å²) in [6.45, 7) is 5.98. The lowest BCUT2D eigenvalue weighted by atomic mass is 10.1. The molecule has 0 rings (SSSR count). The Labute approximate surface area is 74.2 Å². The Morgan fingerprint density at radius 3 is 2.42 bits per heavy atom. The number of nitrogens with one attached hydrogen (secondary N) is 1. The van der Waals surface area contributed by atoms with Gasteiger partial charge in [-0.05, 0) is 6.42 Å². The van der Waals surface area contributed by atoms with Crippen LogP contribution in [0, 0.1) is 0 Å². The second-order valence-corrected chi connectivity index (χ2v) is 3.35. The summed E-state index contributed by atoms with van der Waals surface area (Å²) in [6, 6.07) is -0.132. The Morgan fingerprint density at radius 2 is 2.08 bits per heavy atom. The zero-order valence-electron chi connectivity index (χ0n) is 8.13. The van der Waals surface area contributed by atoms with Crippen LogP contribution in [0.4, 0.5) is 0 Å². The van der Waals surface area contributed by atoms with Crippen LogP contribution in [0.1, 0.15) is 40.0 Å². The molecule has 0 fully saturated rings. The Balaban J connectivity index is 3.78. The van der Waals surface area contributed by atoms with Crippen LogP contribution in [0.5, 0.6) is 0 Å². The average molecular weight is 173 g/mol. The minimum Gasteiger partial charge on any atom is -0.480 e. The molecule has 12 heavy (non-hydrogen) atoms. The van der Waals surface area contributed by atoms with Crippen LogP contribution in [-0.2, 0) is 4.79 Å². The summed E-state index contributed by atoms with van der Waals surface area (Å²) in [7, 11) is 0. The number of rotatable bonds is 6. The van der Waals surface area contributed by atoms with Gasteiger partial charge in [-0.3, -0.25) is 4.79 Å². The number of hydrogen-bond donors (Lipinski definition) is 2. The molecule has 0 spiro atoms. The number of carbonyl (C=O) groups is 1. The molecule has 0 heterocycles. The van der Waals surface area contributed by atoms with Gasteiger partial charge in [-0.15, -0.1) is 0 Å². The van der Waals surface area contributed by atoms with Crippen molar-refractivity contribution in [1.82, 2.24) is 5.32 Å². The molecule has 0 aromatic carbocycles. The minimum absolute atomic E-state index is 0.239. The van der Waals surface area contributed by atoms with Gasteiger partial charge in [-0.25, -0.2) is 0 Å². The normalized spacial score (nSPS) is 13.3. The van der Waals surface area contributed by atoms with E-state index in [1.807, 2.05) is 13.8 Å². The monoisotopic (exact) mass is 173 g/mol. The van der Waals surface area contributed by atoms with Crippen LogP contribution in [0.25, 0.3) is 0 Å². The number of unbranched alkanes of at least 4 members (excludes halogenated alkanes) is 1. The molecule has 1 unspecified atom stereocenters. The highest BCUT2D eigenvalue weighted by molar-refractivity contribution is 5.73. The first kappa shape index (κ1) is 11.4. The average Bonchev–Trinajstić information content (AvgIpc) is 1.96. The standard InChI is InChI=1S/C9H19NO2/c1-4-5-6-8(9(11)12)10-7(2)3/h7-8,10H,4-6H2,1-3H3,(H,11,12). The molecular formula is C9H19NO2. The molecule has 0 aliphatic heterocycles. The van der Waals surface area contributed by atoms with Crippen LogP contribution in [0.2, 0.25) is 0 Å². The zero-order chi connectivity index (χ0) is 9.56. The molecular weight excluding hydrogens is 154 g/mol. The molecule has 0 aliphatic carbocycles. The van der Waals surface area contributed by atoms with Gasteiger partial charge in [0, 0.05) is 6.04 Å². The molecule has 1 atom stereocenters. The van der Waals surface area contributed by atoms with E-state index in [0.717, 1.165) is 19.3 Å². The first-order valence-electron chi connectivity index (χ1n) is 4.56. The summed E-state index contributed by atoms with van der Waals surface area (Å²) < 4.78 is 0. The van der Waals surface area contributed by atoms with E-state index in [1.54, 1.807) is 0 Å². The van der Waals surface area contributed by atoms with Crippen LogP contribution in [-0.4, -0.2) is 23.2 Å². The fourth-order valence-electron chi connectivity index (χ4n) is 1.09. The van der Waals surface area contributed by atoms with Crippen molar-refractivity contribution in [3.63, 3.8) is 0 Å². The molecule has 0 amide bonds. The Hall–Kier alpha value is -0.570. The predicted octanol–water partition coefficient (Wildman–Crippen LogP) is 1.63. The molecule has 72 valence electrons. The lowest BCUT2D eigenvalue weighted by Crippen LogP contribution is -2.40. The van der Waals surface area contributed by atoms with Crippen LogP contribution >= 0.6 is 0 Å². The molecule has 3 heteroatoms. The van der Waals surface area contributed by atoms with Crippen molar-refractivity contribution < 1.29 is 9.90 Å². The molecule has 0 aliphatic rings. The van der Waals surface area contributed by atoms with E-state index in [-0.39, 0.29) is 12.1 Å². The summed E-state index contributed by atoms with van der Waals surface area (Å²) in [5.41, 5.74) is 0. The van der Waals surface area contributed by atoms with Crippen molar-refractivity contribution >= 4 is 5.97 Å². The molecule has 3 nitrogen and oxygen atoms in total. The van der Waals surface area contributed by atoms with E-state index in [4.69, 9.17) is 5.11 Å². The number of carboxylic acid groups (broad SMARTS) is 1. The maximum atomic E-state index is 10.7. The first-order chi connectivity index (χ1) is 5.57. The minimum atomic E-state index is -0.739. The Kier molecular flexibility index (Phi) is 5.72. The Morgan fingerprint density at radius 1 is 1.50 bits per heavy atom. The van der Waals surface area contributed by atoms with Crippen molar-refractivity contribution in [2.24, 2.45) is 0 Å². The van der Waals surface area contributed by atoms with Crippen molar-refractivity contribution in [2.75, 3.05) is 0 Å². The highest BCUT2D eigenvalue weighted by atomic mass is 16.4. The third-order valence-corrected chi connectivity index (χ3v) is 1.68. The van der Waals surface area contributed by atoms with Crippen molar-refractivity contribution in [2.45, 2.75) is 52.1 Å². The van der Waals surface area contributed by atoms with E-state index in [1.165, 1.54) is 0 Å². The lowest BCUT2D eigenvalue weighted by molar-refractivity contribution is -0.139. The summed E-state index contributed by atoms with van der Waals surface area (Å²) in [5.74, 6) is -0.739. The quantitative estimate of drug-likeness (QED) is 0.641. The zero-order valence-corrected chi connectivity index (χ0v) is 8.13. The maximum absolute atomic E-state index is 10.7. The van der Waals surface area contributed by atoms with Gasteiger partial charge >= 0.3 is 5.97 Å². The van der Waals surface area contributed by atoms with Crippen LogP contribution < -0.4 is 5.32 Å². The summed E-state index contributed by atoms with van der Waals surface area (Å²) >= 11 is 0. The third kappa shape index (κ3) is 5.13. The van der Waals surface area contributed by atoms with E-state index >= 15 is 0 Å². The van der Waals surface area contributed by atoms with Crippen molar-refractivity contribution in [3.05, 3.63) is 0 Å². The first-order valence-corrected chi connectivity index (χ1v) is 4.56. The van der Waals surface area contributed by atoms with Gasteiger partial charge < -0.3 is 10.4 Å². The fourth-order valence-corrected chi connectivity index (χ4v) is 1.09. The van der Waals surface area contributed by atoms with E-state index in [2.05, 4.69) is 12.2 Å². The highest BCUT2D eigenvalue weighted by Gasteiger charge is 2.16. The highest BCUT2D eigenvalue weighted by Crippen LogP contribution is 2.01. The second kappa shape index (κ2) is 6.00. The van der Waals surface area contributed by atoms with Gasteiger partial charge in [0.15, 0.2) is 0 Å². The molecule has 0 aromatic heterocycles. The molecule has 0 bridgehead atoms. The van der Waals surface area contributed by atoms with Gasteiger partial charge in [0.2, 0.25) is 0 Å². The summed E-state index contributed by atoms with van der Waals surface area (Å²) in [5, 5.41) is 11.8. The van der Waals surface area contributed by atoms with E-state index < -0.39 is 5.97 Å². The lowest BCUT2D eigenvalue weighted by Gasteiger charge is -2.16. The molecule has 0 aromatic rings. The third-order valence-electron chi connectivity index (χ3n) is 1.68. The van der Waals surface area contributed by atoms with Gasteiger partial charge in [-0.2, -0.15) is 0 Å². The summed E-state index contributed by atoms with van der Waals surface area (Å²) in [6.07, 6.45) is 2.74. The molecule has 0 radical (unpaired) electrons. The largest absolute Gasteiger partial charge is 0.480 e. The predicted molar refractivity (Wildman–Crippen MR) is 49.2 cm³/mol. The number of hydrogen-bond acceptors (Lipinski definition) is 2. The van der Waals surface area contributed by atoms with Gasteiger partial charge in [-0.1, -0.05) is 33.6 Å². The van der Waals surface area contributed by atoms with Gasteiger partial charge in [0.1, 0.15) is 6.04 Å². The SMILES string of the molecule is CCCCC(NC(C)C)C(=O)O. The topological polar surface area (TPSA) is 49.3 Å². The molecule has 0 saturated carbocycles. The summed E-state index contributed by atoms with van der Waals surface area (Å²) in [4.78, 5) is 10.7. The number of aliphatic carboxylic acids is 1. The van der Waals surface area contributed by atoms with Crippen LogP contribution in [0.3, 0.4) is 0 Å². The fraction of sp³-hybridized carbons (Fsp3) is 0.889. The second-order valence-electron chi connectivity index (χ2n) is 3.35. The molecule has 0 saturated heterocycles. The maximum Gasteiger partial charge on any atom is 0.320 e. The van der Waals surface area contributed by atoms with E-state index in [9.17, 15) is 4.79 Å². The van der Waals surface area contributed by atoms with Crippen molar-refractivity contribution in [1.29, 1.82) is 0 Å².